The molecule has 1 fully saturated rings. The van der Waals surface area contributed by atoms with Gasteiger partial charge in [0.25, 0.3) is 5.91 Å². The lowest BCUT2D eigenvalue weighted by atomic mass is 9.98. The number of nitrogens with one attached hydrogen (secondary N) is 1. The number of halogens is 5. The largest absolute Gasteiger partial charge is 0.481 e. The molecular formula is C20H26Cl5NO2. The zero-order valence-electron chi connectivity index (χ0n) is 15.8. The third-order valence-electron chi connectivity index (χ3n) is 4.99. The molecule has 28 heavy (non-hydrogen) atoms. The Hall–Kier alpha value is -0.0600. The molecule has 3 nitrogen and oxygen atoms in total. The van der Waals surface area contributed by atoms with Crippen LogP contribution in [0.25, 0.3) is 0 Å². The van der Waals surface area contributed by atoms with Crippen molar-refractivity contribution in [1.82, 2.24) is 5.32 Å². The molecule has 0 aromatic heterocycles. The van der Waals surface area contributed by atoms with Crippen LogP contribution in [0.3, 0.4) is 0 Å². The highest BCUT2D eigenvalue weighted by Crippen LogP contribution is 2.48. The third kappa shape index (κ3) is 7.32. The van der Waals surface area contributed by atoms with Crippen LogP contribution in [-0.2, 0) is 4.79 Å². The van der Waals surface area contributed by atoms with Gasteiger partial charge in [0, 0.05) is 6.04 Å². The van der Waals surface area contributed by atoms with Gasteiger partial charge in [-0.15, -0.1) is 0 Å². The van der Waals surface area contributed by atoms with Crippen molar-refractivity contribution in [2.45, 2.75) is 76.7 Å². The summed E-state index contributed by atoms with van der Waals surface area (Å²) in [6.07, 6.45) is 13.2. The van der Waals surface area contributed by atoms with Gasteiger partial charge >= 0.3 is 0 Å². The molecule has 1 aliphatic rings. The molecule has 158 valence electrons. The minimum Gasteiger partial charge on any atom is -0.481 e. The molecule has 2 rings (SSSR count). The second-order valence-corrected chi connectivity index (χ2v) is 9.10. The fourth-order valence-corrected chi connectivity index (χ4v) is 4.66. The first kappa shape index (κ1) is 24.2. The average molecular weight is 490 g/mol. The van der Waals surface area contributed by atoms with Gasteiger partial charge in [-0.2, -0.15) is 0 Å². The zero-order valence-corrected chi connectivity index (χ0v) is 19.5. The van der Waals surface area contributed by atoms with Gasteiger partial charge in [-0.1, -0.05) is 116 Å². The molecule has 0 spiro atoms. The van der Waals surface area contributed by atoms with Gasteiger partial charge in [-0.25, -0.2) is 0 Å². The van der Waals surface area contributed by atoms with Crippen LogP contribution in [0.15, 0.2) is 0 Å². The van der Waals surface area contributed by atoms with Crippen molar-refractivity contribution in [3.05, 3.63) is 25.1 Å². The van der Waals surface area contributed by atoms with Crippen molar-refractivity contribution in [3.63, 3.8) is 0 Å². The minimum atomic E-state index is -0.218. The van der Waals surface area contributed by atoms with Crippen LogP contribution < -0.4 is 10.1 Å². The Morgan fingerprint density at radius 2 is 1.11 bits per heavy atom. The first-order valence-electron chi connectivity index (χ1n) is 9.85. The second kappa shape index (κ2) is 12.6. The van der Waals surface area contributed by atoms with Crippen molar-refractivity contribution in [2.75, 3.05) is 6.61 Å². The normalized spacial score (nSPS) is 17.5. The Kier molecular flexibility index (Phi) is 10.9. The number of carbonyl (C=O) groups excluding carboxylic acids is 1. The molecule has 0 saturated heterocycles. The summed E-state index contributed by atoms with van der Waals surface area (Å²) in [5, 5.41) is 3.32. The summed E-state index contributed by atoms with van der Waals surface area (Å²) in [6.45, 7) is -0.218. The molecule has 0 unspecified atom stereocenters. The molecule has 0 radical (unpaired) electrons. The summed E-state index contributed by atoms with van der Waals surface area (Å²) in [5.41, 5.74) is 0. The number of benzene rings is 1. The van der Waals surface area contributed by atoms with E-state index >= 15 is 0 Å². The second-order valence-electron chi connectivity index (χ2n) is 7.21. The molecule has 0 bridgehead atoms. The van der Waals surface area contributed by atoms with Gasteiger partial charge in [0.05, 0.1) is 15.1 Å². The van der Waals surface area contributed by atoms with E-state index in [9.17, 15) is 4.79 Å². The maximum absolute atomic E-state index is 12.4. The van der Waals surface area contributed by atoms with E-state index in [1.807, 2.05) is 0 Å². The molecule has 1 saturated carbocycles. The Morgan fingerprint density at radius 1 is 0.714 bits per heavy atom. The quantitative estimate of drug-likeness (QED) is 0.342. The Morgan fingerprint density at radius 3 is 1.57 bits per heavy atom. The van der Waals surface area contributed by atoms with E-state index in [1.54, 1.807) is 0 Å². The van der Waals surface area contributed by atoms with E-state index in [0.717, 1.165) is 25.7 Å². The van der Waals surface area contributed by atoms with Crippen molar-refractivity contribution in [2.24, 2.45) is 0 Å². The number of rotatable bonds is 4. The summed E-state index contributed by atoms with van der Waals surface area (Å²) < 4.78 is 5.52. The number of amides is 1. The van der Waals surface area contributed by atoms with Crippen molar-refractivity contribution < 1.29 is 9.53 Å². The van der Waals surface area contributed by atoms with Gasteiger partial charge in [0.2, 0.25) is 0 Å². The molecule has 1 N–H and O–H groups in total. The number of ether oxygens (including phenoxy) is 1. The van der Waals surface area contributed by atoms with Crippen molar-refractivity contribution >= 4 is 63.9 Å². The van der Waals surface area contributed by atoms with Crippen LogP contribution in [0.5, 0.6) is 5.75 Å². The topological polar surface area (TPSA) is 38.3 Å². The van der Waals surface area contributed by atoms with E-state index in [2.05, 4.69) is 5.32 Å². The van der Waals surface area contributed by atoms with Crippen LogP contribution >= 0.6 is 58.0 Å². The van der Waals surface area contributed by atoms with Crippen LogP contribution in [0.2, 0.25) is 25.1 Å². The van der Waals surface area contributed by atoms with E-state index in [0.29, 0.717) is 0 Å². The van der Waals surface area contributed by atoms with Gasteiger partial charge in [0.1, 0.15) is 10.0 Å². The highest BCUT2D eigenvalue weighted by molar-refractivity contribution is 6.55. The molecule has 1 aromatic carbocycles. The smallest absolute Gasteiger partial charge is 0.258 e. The molecular weight excluding hydrogens is 463 g/mol. The van der Waals surface area contributed by atoms with Gasteiger partial charge < -0.3 is 10.1 Å². The molecule has 1 aliphatic carbocycles. The van der Waals surface area contributed by atoms with E-state index in [1.165, 1.54) is 44.9 Å². The monoisotopic (exact) mass is 487 g/mol. The first-order valence-corrected chi connectivity index (χ1v) is 11.7. The summed E-state index contributed by atoms with van der Waals surface area (Å²) in [5.74, 6) is -0.150. The van der Waals surface area contributed by atoms with E-state index < -0.39 is 0 Å². The predicted octanol–water partition coefficient (Wildman–Crippen LogP) is 8.12. The maximum Gasteiger partial charge on any atom is 0.258 e. The molecule has 0 heterocycles. The van der Waals surface area contributed by atoms with Crippen LogP contribution in [0.4, 0.5) is 0 Å². The van der Waals surface area contributed by atoms with Crippen LogP contribution in [-0.4, -0.2) is 18.6 Å². The minimum absolute atomic E-state index is 0.0415. The van der Waals surface area contributed by atoms with E-state index in [-0.39, 0.29) is 49.4 Å². The van der Waals surface area contributed by atoms with E-state index in [4.69, 9.17) is 62.7 Å². The van der Waals surface area contributed by atoms with Crippen LogP contribution in [0.1, 0.15) is 70.6 Å². The summed E-state index contributed by atoms with van der Waals surface area (Å²) >= 11 is 30.3. The number of hydrogen-bond acceptors (Lipinski definition) is 2. The SMILES string of the molecule is O=C(COc1c(Cl)c(Cl)c(Cl)c(Cl)c1Cl)NC1CCCCCCCCCCC1. The standard InChI is InChI=1S/C20H26Cl5NO2/c21-15-16(22)18(24)20(19(25)17(15)23)28-12-14(27)26-13-10-8-6-4-2-1-3-5-7-9-11-13/h13H,1-12H2,(H,26,27). The molecule has 1 aromatic rings. The highest BCUT2D eigenvalue weighted by atomic mass is 35.5. The number of carbonyl (C=O) groups is 1. The Balaban J connectivity index is 1.91. The van der Waals surface area contributed by atoms with Gasteiger partial charge in [-0.3, -0.25) is 4.79 Å². The lowest BCUT2D eigenvalue weighted by molar-refractivity contribution is -0.123. The third-order valence-corrected chi connectivity index (χ3v) is 7.23. The summed E-state index contributed by atoms with van der Waals surface area (Å²) in [4.78, 5) is 12.4. The fraction of sp³-hybridized carbons (Fsp3) is 0.650. The zero-order chi connectivity index (χ0) is 20.5. The molecule has 1 amide bonds. The van der Waals surface area contributed by atoms with Crippen molar-refractivity contribution in [3.8, 4) is 5.75 Å². The predicted molar refractivity (Wildman–Crippen MR) is 120 cm³/mol. The summed E-state index contributed by atoms with van der Waals surface area (Å²) in [7, 11) is 0. The average Bonchev–Trinajstić information content (AvgIpc) is 2.67. The molecule has 8 heteroatoms. The Bertz CT molecular complexity index is 627. The first-order chi connectivity index (χ1) is 13.4. The Labute approximate surface area is 192 Å². The molecule has 0 atom stereocenters. The lowest BCUT2D eigenvalue weighted by Gasteiger charge is -2.20. The lowest BCUT2D eigenvalue weighted by Crippen LogP contribution is -2.38. The highest BCUT2D eigenvalue weighted by Gasteiger charge is 2.21. The van der Waals surface area contributed by atoms with Crippen LogP contribution in [0, 0.1) is 0 Å². The molecule has 0 aliphatic heterocycles. The summed E-state index contributed by atoms with van der Waals surface area (Å²) in [6, 6.07) is 0.166. The maximum atomic E-state index is 12.4. The van der Waals surface area contributed by atoms with Crippen molar-refractivity contribution in [1.29, 1.82) is 0 Å². The van der Waals surface area contributed by atoms with Gasteiger partial charge in [-0.05, 0) is 12.8 Å². The number of hydrogen-bond donors (Lipinski definition) is 1. The fourth-order valence-electron chi connectivity index (χ4n) is 3.43. The van der Waals surface area contributed by atoms with Gasteiger partial charge in [0.15, 0.2) is 12.4 Å².